The van der Waals surface area contributed by atoms with Gasteiger partial charge in [0.1, 0.15) is 0 Å². The van der Waals surface area contributed by atoms with Crippen LogP contribution in [0.1, 0.15) is 50.8 Å². The molecule has 1 aromatic heterocycles. The Bertz CT molecular complexity index is 523. The molecule has 0 radical (unpaired) electrons. The molecule has 1 heterocycles. The smallest absolute Gasteiger partial charge is 0.175 e. The molecule has 2 fully saturated rings. The summed E-state index contributed by atoms with van der Waals surface area (Å²) in [6.07, 6.45) is 3.72. The highest BCUT2D eigenvalue weighted by molar-refractivity contribution is 5.32. The van der Waals surface area contributed by atoms with E-state index in [2.05, 4.69) is 18.8 Å². The molecule has 3 unspecified atom stereocenters. The van der Waals surface area contributed by atoms with Gasteiger partial charge >= 0.3 is 0 Å². The molecule has 0 aromatic carbocycles. The lowest BCUT2D eigenvalue weighted by Crippen LogP contribution is -2.50. The lowest BCUT2D eigenvalue weighted by Gasteiger charge is -2.43. The summed E-state index contributed by atoms with van der Waals surface area (Å²) >= 11 is 0. The number of rotatable bonds is 1. The van der Waals surface area contributed by atoms with E-state index in [1.807, 2.05) is 26.0 Å². The van der Waals surface area contributed by atoms with Crippen molar-refractivity contribution in [1.29, 1.82) is 0 Å². The van der Waals surface area contributed by atoms with E-state index in [4.69, 9.17) is 0 Å². The van der Waals surface area contributed by atoms with Gasteiger partial charge in [-0.1, -0.05) is 20.8 Å². The molecule has 3 atom stereocenters. The molecule has 0 spiro atoms. The molecule has 0 aliphatic heterocycles. The molecule has 3 nitrogen and oxygen atoms in total. The second-order valence-corrected chi connectivity index (χ2v) is 7.13. The SMILES string of the molecule is Cc1cc(C2C3CCC(C)(C3(C)C)C2(O)O)ccn1. The average Bonchev–Trinajstić information content (AvgIpc) is 2.59. The summed E-state index contributed by atoms with van der Waals surface area (Å²) in [5.41, 5.74) is 1.45. The number of aromatic nitrogens is 1. The van der Waals surface area contributed by atoms with E-state index >= 15 is 0 Å². The zero-order chi connectivity index (χ0) is 14.1. The fraction of sp³-hybridized carbons (Fsp3) is 0.688. The molecule has 0 saturated heterocycles. The number of nitrogens with zero attached hydrogens (tertiary/aromatic N) is 1. The number of aryl methyl sites for hydroxylation is 1. The molecular formula is C16H23NO2. The van der Waals surface area contributed by atoms with Crippen molar-refractivity contribution in [3.05, 3.63) is 29.6 Å². The van der Waals surface area contributed by atoms with Gasteiger partial charge in [0, 0.05) is 23.2 Å². The highest BCUT2D eigenvalue weighted by atomic mass is 16.5. The Morgan fingerprint density at radius 2 is 1.95 bits per heavy atom. The van der Waals surface area contributed by atoms with E-state index in [0.29, 0.717) is 5.92 Å². The molecule has 104 valence electrons. The van der Waals surface area contributed by atoms with Crippen LogP contribution >= 0.6 is 0 Å². The van der Waals surface area contributed by atoms with Crippen LogP contribution < -0.4 is 0 Å². The second kappa shape index (κ2) is 3.58. The molecule has 3 heteroatoms. The average molecular weight is 261 g/mol. The van der Waals surface area contributed by atoms with Gasteiger partial charge in [0.05, 0.1) is 0 Å². The maximum absolute atomic E-state index is 10.8. The topological polar surface area (TPSA) is 53.4 Å². The molecule has 0 amide bonds. The first kappa shape index (κ1) is 13.1. The second-order valence-electron chi connectivity index (χ2n) is 7.13. The predicted molar refractivity (Wildman–Crippen MR) is 73.5 cm³/mol. The van der Waals surface area contributed by atoms with Gasteiger partial charge in [-0.25, -0.2) is 0 Å². The van der Waals surface area contributed by atoms with Gasteiger partial charge in [0.25, 0.3) is 0 Å². The third-order valence-corrected chi connectivity index (χ3v) is 6.23. The Morgan fingerprint density at radius 3 is 2.47 bits per heavy atom. The van der Waals surface area contributed by atoms with Crippen LogP contribution in [0.25, 0.3) is 0 Å². The summed E-state index contributed by atoms with van der Waals surface area (Å²) < 4.78 is 0. The van der Waals surface area contributed by atoms with Gasteiger partial charge in [-0.15, -0.1) is 0 Å². The van der Waals surface area contributed by atoms with Crippen LogP contribution in [0.2, 0.25) is 0 Å². The van der Waals surface area contributed by atoms with Crippen LogP contribution in [0, 0.1) is 23.7 Å². The zero-order valence-electron chi connectivity index (χ0n) is 12.1. The molecule has 2 N–H and O–H groups in total. The third-order valence-electron chi connectivity index (χ3n) is 6.23. The number of pyridine rings is 1. The fourth-order valence-electron chi connectivity index (χ4n) is 4.63. The largest absolute Gasteiger partial charge is 0.365 e. The van der Waals surface area contributed by atoms with Gasteiger partial charge in [-0.2, -0.15) is 0 Å². The lowest BCUT2D eigenvalue weighted by molar-refractivity contribution is -0.251. The van der Waals surface area contributed by atoms with Crippen molar-refractivity contribution in [3.8, 4) is 0 Å². The van der Waals surface area contributed by atoms with Crippen LogP contribution in [0.5, 0.6) is 0 Å². The molecule has 2 bridgehead atoms. The van der Waals surface area contributed by atoms with Gasteiger partial charge < -0.3 is 10.2 Å². The van der Waals surface area contributed by atoms with Crippen molar-refractivity contribution < 1.29 is 10.2 Å². The monoisotopic (exact) mass is 261 g/mol. The number of fused-ring (bicyclic) bond motifs is 2. The summed E-state index contributed by atoms with van der Waals surface area (Å²) in [5, 5.41) is 21.6. The van der Waals surface area contributed by atoms with Crippen LogP contribution in [-0.2, 0) is 0 Å². The van der Waals surface area contributed by atoms with Gasteiger partial charge in [-0.05, 0) is 48.8 Å². The number of hydrogen-bond acceptors (Lipinski definition) is 3. The summed E-state index contributed by atoms with van der Waals surface area (Å²) in [6.45, 7) is 8.33. The van der Waals surface area contributed by atoms with Gasteiger partial charge in [-0.3, -0.25) is 4.98 Å². The van der Waals surface area contributed by atoms with Crippen molar-refractivity contribution >= 4 is 0 Å². The van der Waals surface area contributed by atoms with Crippen molar-refractivity contribution in [2.24, 2.45) is 16.7 Å². The Kier molecular flexibility index (Phi) is 2.47. The Labute approximate surface area is 114 Å². The van der Waals surface area contributed by atoms with Crippen LogP contribution in [0.15, 0.2) is 18.3 Å². The first-order chi connectivity index (χ1) is 8.72. The summed E-state index contributed by atoms with van der Waals surface area (Å²) in [7, 11) is 0. The van der Waals surface area contributed by atoms with Crippen LogP contribution in [-0.4, -0.2) is 21.0 Å². The van der Waals surface area contributed by atoms with E-state index in [9.17, 15) is 10.2 Å². The minimum atomic E-state index is -1.63. The highest BCUT2D eigenvalue weighted by Gasteiger charge is 2.73. The Hall–Kier alpha value is -0.930. The minimum absolute atomic E-state index is 0.0572. The maximum Gasteiger partial charge on any atom is 0.175 e. The van der Waals surface area contributed by atoms with E-state index in [1.54, 1.807) is 6.20 Å². The predicted octanol–water partition coefficient (Wildman–Crippen LogP) is 2.61. The first-order valence-corrected chi connectivity index (χ1v) is 7.09. The molecule has 2 aliphatic rings. The standard InChI is InChI=1S/C16H23NO2/c1-10-9-11(6-8-17-10)13-12-5-7-15(4,14(12,2)3)16(13,18)19/h6,8-9,12-13,18-19H,5,7H2,1-4H3. The highest BCUT2D eigenvalue weighted by Crippen LogP contribution is 2.73. The number of aliphatic hydroxyl groups is 2. The fourth-order valence-corrected chi connectivity index (χ4v) is 4.63. The van der Waals surface area contributed by atoms with Gasteiger partial charge in [0.15, 0.2) is 5.79 Å². The summed E-state index contributed by atoms with van der Waals surface area (Å²) in [4.78, 5) is 4.21. The normalized spacial score (nSPS) is 38.6. The molecule has 2 saturated carbocycles. The summed E-state index contributed by atoms with van der Waals surface area (Å²) in [5.74, 6) is -1.52. The first-order valence-electron chi connectivity index (χ1n) is 7.09. The Balaban J connectivity index is 2.14. The van der Waals surface area contributed by atoms with E-state index in [-0.39, 0.29) is 11.3 Å². The van der Waals surface area contributed by atoms with Gasteiger partial charge in [0.2, 0.25) is 0 Å². The van der Waals surface area contributed by atoms with Crippen LogP contribution in [0.4, 0.5) is 0 Å². The molecule has 19 heavy (non-hydrogen) atoms. The van der Waals surface area contributed by atoms with Crippen molar-refractivity contribution in [1.82, 2.24) is 4.98 Å². The summed E-state index contributed by atoms with van der Waals surface area (Å²) in [6, 6.07) is 3.92. The maximum atomic E-state index is 10.8. The van der Waals surface area contributed by atoms with Crippen molar-refractivity contribution in [2.75, 3.05) is 0 Å². The van der Waals surface area contributed by atoms with E-state index in [0.717, 1.165) is 24.1 Å². The van der Waals surface area contributed by atoms with Crippen molar-refractivity contribution in [3.63, 3.8) is 0 Å². The third kappa shape index (κ3) is 1.38. The van der Waals surface area contributed by atoms with Crippen molar-refractivity contribution in [2.45, 2.75) is 52.2 Å². The molecule has 3 rings (SSSR count). The van der Waals surface area contributed by atoms with Crippen LogP contribution in [0.3, 0.4) is 0 Å². The molecule has 1 aromatic rings. The Morgan fingerprint density at radius 1 is 1.26 bits per heavy atom. The van der Waals surface area contributed by atoms with E-state index < -0.39 is 11.2 Å². The zero-order valence-corrected chi connectivity index (χ0v) is 12.1. The quantitative estimate of drug-likeness (QED) is 0.764. The number of hydrogen-bond donors (Lipinski definition) is 2. The van der Waals surface area contributed by atoms with E-state index in [1.165, 1.54) is 0 Å². The minimum Gasteiger partial charge on any atom is -0.365 e. The molecule has 2 aliphatic carbocycles. The lowest BCUT2D eigenvalue weighted by atomic mass is 9.68. The molecular weight excluding hydrogens is 238 g/mol.